The number of hydrogen-bond donors (Lipinski definition) is 0. The topological polar surface area (TPSA) is 60.3 Å². The number of pyridine rings is 1. The third-order valence-electron chi connectivity index (χ3n) is 5.48. The Labute approximate surface area is 182 Å². The Kier molecular flexibility index (Phi) is 7.60. The van der Waals surface area contributed by atoms with E-state index in [2.05, 4.69) is 32.6 Å². The van der Waals surface area contributed by atoms with E-state index in [4.69, 9.17) is 14.7 Å². The summed E-state index contributed by atoms with van der Waals surface area (Å²) in [4.78, 5) is 26.5. The van der Waals surface area contributed by atoms with Crippen LogP contribution in [0.15, 0.2) is 10.9 Å². The first-order valence-electron chi connectivity index (χ1n) is 10.9. The van der Waals surface area contributed by atoms with Crippen LogP contribution in [0.1, 0.15) is 51.2 Å². The molecule has 7 heteroatoms. The molecule has 0 spiro atoms. The molecule has 0 fully saturated rings. The lowest BCUT2D eigenvalue weighted by Gasteiger charge is -2.19. The molecule has 0 unspecified atom stereocenters. The molecule has 0 atom stereocenters. The molecule has 30 heavy (non-hydrogen) atoms. The largest absolute Gasteiger partial charge is 0.380 e. The molecule has 164 valence electrons. The average Bonchev–Trinajstić information content (AvgIpc) is 3.05. The van der Waals surface area contributed by atoms with E-state index in [1.165, 1.54) is 11.3 Å². The predicted molar refractivity (Wildman–Crippen MR) is 126 cm³/mol. The van der Waals surface area contributed by atoms with Gasteiger partial charge in [-0.05, 0) is 50.5 Å². The van der Waals surface area contributed by atoms with Gasteiger partial charge in [0.1, 0.15) is 15.4 Å². The zero-order valence-corrected chi connectivity index (χ0v) is 19.9. The lowest BCUT2D eigenvalue weighted by atomic mass is 10.1. The Morgan fingerprint density at radius 3 is 2.60 bits per heavy atom. The van der Waals surface area contributed by atoms with Gasteiger partial charge in [0, 0.05) is 31.2 Å². The molecule has 3 aromatic rings. The van der Waals surface area contributed by atoms with Gasteiger partial charge in [0.25, 0.3) is 5.56 Å². The molecule has 0 radical (unpaired) electrons. The molecule has 3 heterocycles. The van der Waals surface area contributed by atoms with Gasteiger partial charge in [-0.3, -0.25) is 9.36 Å². The van der Waals surface area contributed by atoms with Crippen molar-refractivity contribution in [3.63, 3.8) is 0 Å². The molecule has 0 saturated carbocycles. The van der Waals surface area contributed by atoms with Crippen molar-refractivity contribution in [2.24, 2.45) is 5.92 Å². The summed E-state index contributed by atoms with van der Waals surface area (Å²) < 4.78 is 8.03. The zero-order chi connectivity index (χ0) is 21.8. The van der Waals surface area contributed by atoms with Gasteiger partial charge in [-0.15, -0.1) is 11.3 Å². The van der Waals surface area contributed by atoms with Crippen LogP contribution in [0.4, 0.5) is 0 Å². The van der Waals surface area contributed by atoms with Crippen molar-refractivity contribution >= 4 is 31.8 Å². The summed E-state index contributed by atoms with van der Waals surface area (Å²) >= 11 is 1.46. The number of aromatic nitrogens is 3. The van der Waals surface area contributed by atoms with E-state index in [0.29, 0.717) is 23.8 Å². The Morgan fingerprint density at radius 2 is 1.97 bits per heavy atom. The Balaban J connectivity index is 2.14. The van der Waals surface area contributed by atoms with Crippen LogP contribution in [0.5, 0.6) is 0 Å². The van der Waals surface area contributed by atoms with Crippen LogP contribution in [-0.4, -0.2) is 46.2 Å². The summed E-state index contributed by atoms with van der Waals surface area (Å²) in [5.74, 6) is 1.30. The molecule has 0 saturated heterocycles. The highest BCUT2D eigenvalue weighted by atomic mass is 32.1. The standard InChI is InChI=1S/C23H34N4O2S/c1-7-26(8-2)10-9-11-27-18(12-15(3)4)25-20-19-17(14-29-6)13-16(5)24-22(19)30-21(20)23(27)28/h13,15H,7-12,14H2,1-6H3. The first-order valence-corrected chi connectivity index (χ1v) is 11.7. The van der Waals surface area contributed by atoms with Crippen LogP contribution in [-0.2, 0) is 24.3 Å². The molecule has 3 rings (SSSR count). The number of fused-ring (bicyclic) bond motifs is 3. The molecule has 0 aliphatic carbocycles. The molecular formula is C23H34N4O2S. The number of thiophene rings is 1. The number of ether oxygens (including phenoxy) is 1. The Hall–Kier alpha value is -1.83. The van der Waals surface area contributed by atoms with E-state index in [-0.39, 0.29) is 5.56 Å². The smallest absolute Gasteiger partial charge is 0.271 e. The van der Waals surface area contributed by atoms with Gasteiger partial charge in [0.05, 0.1) is 12.1 Å². The highest BCUT2D eigenvalue weighted by molar-refractivity contribution is 7.25. The van der Waals surface area contributed by atoms with E-state index in [9.17, 15) is 4.79 Å². The normalized spacial score (nSPS) is 12.1. The van der Waals surface area contributed by atoms with Gasteiger partial charge in [0.2, 0.25) is 0 Å². The summed E-state index contributed by atoms with van der Waals surface area (Å²) in [6.07, 6.45) is 1.73. The van der Waals surface area contributed by atoms with Crippen LogP contribution in [0.2, 0.25) is 0 Å². The SMILES string of the molecule is CCN(CC)CCCn1c(CC(C)C)nc2c(sc3nc(C)cc(COC)c32)c1=O. The van der Waals surface area contributed by atoms with E-state index >= 15 is 0 Å². The Bertz CT molecular complexity index is 1070. The van der Waals surface area contributed by atoms with E-state index < -0.39 is 0 Å². The summed E-state index contributed by atoms with van der Waals surface area (Å²) in [5.41, 5.74) is 2.84. The van der Waals surface area contributed by atoms with Crippen LogP contribution in [0, 0.1) is 12.8 Å². The predicted octanol–water partition coefficient (Wildman–Crippen LogP) is 4.39. The molecule has 0 aliphatic heterocycles. The quantitative estimate of drug-likeness (QED) is 0.477. The zero-order valence-electron chi connectivity index (χ0n) is 19.1. The fourth-order valence-electron chi connectivity index (χ4n) is 3.99. The van der Waals surface area contributed by atoms with Crippen LogP contribution in [0.25, 0.3) is 20.4 Å². The maximum Gasteiger partial charge on any atom is 0.271 e. The second kappa shape index (κ2) is 9.98. The molecule has 0 bridgehead atoms. The third kappa shape index (κ3) is 4.74. The van der Waals surface area contributed by atoms with Crippen molar-refractivity contribution in [2.45, 2.75) is 60.6 Å². The van der Waals surface area contributed by atoms with Gasteiger partial charge in [-0.1, -0.05) is 27.7 Å². The van der Waals surface area contributed by atoms with E-state index in [0.717, 1.165) is 65.3 Å². The summed E-state index contributed by atoms with van der Waals surface area (Å²) in [5, 5.41) is 0.972. The maximum absolute atomic E-state index is 13.5. The van der Waals surface area contributed by atoms with Crippen molar-refractivity contribution in [1.82, 2.24) is 19.4 Å². The summed E-state index contributed by atoms with van der Waals surface area (Å²) in [6.45, 7) is 14.9. The summed E-state index contributed by atoms with van der Waals surface area (Å²) in [7, 11) is 1.69. The molecule has 0 N–H and O–H groups in total. The van der Waals surface area contributed by atoms with Crippen molar-refractivity contribution in [1.29, 1.82) is 0 Å². The number of aryl methyl sites for hydroxylation is 1. The van der Waals surface area contributed by atoms with Gasteiger partial charge in [-0.2, -0.15) is 0 Å². The van der Waals surface area contributed by atoms with Crippen molar-refractivity contribution in [2.75, 3.05) is 26.7 Å². The minimum absolute atomic E-state index is 0.0687. The second-order valence-corrected chi connectivity index (χ2v) is 9.28. The van der Waals surface area contributed by atoms with Gasteiger partial charge >= 0.3 is 0 Å². The average molecular weight is 431 g/mol. The van der Waals surface area contributed by atoms with E-state index in [1.807, 2.05) is 17.6 Å². The number of methoxy groups -OCH3 is 1. The number of nitrogens with zero attached hydrogens (tertiary/aromatic N) is 4. The van der Waals surface area contributed by atoms with Gasteiger partial charge < -0.3 is 9.64 Å². The fraction of sp³-hybridized carbons (Fsp3) is 0.609. The number of rotatable bonds is 10. The number of hydrogen-bond acceptors (Lipinski definition) is 6. The molecule has 0 aromatic carbocycles. The van der Waals surface area contributed by atoms with E-state index in [1.54, 1.807) is 7.11 Å². The summed E-state index contributed by atoms with van der Waals surface area (Å²) in [6, 6.07) is 2.04. The minimum atomic E-state index is 0.0687. The van der Waals surface area contributed by atoms with Gasteiger partial charge in [-0.25, -0.2) is 9.97 Å². The van der Waals surface area contributed by atoms with Crippen LogP contribution >= 0.6 is 11.3 Å². The molecule has 6 nitrogen and oxygen atoms in total. The first kappa shape index (κ1) is 22.8. The highest BCUT2D eigenvalue weighted by Crippen LogP contribution is 2.33. The monoisotopic (exact) mass is 430 g/mol. The lowest BCUT2D eigenvalue weighted by Crippen LogP contribution is -2.29. The Morgan fingerprint density at radius 1 is 1.23 bits per heavy atom. The maximum atomic E-state index is 13.5. The molecule has 0 aliphatic rings. The first-order chi connectivity index (χ1) is 14.4. The van der Waals surface area contributed by atoms with Crippen molar-refractivity contribution < 1.29 is 4.74 Å². The lowest BCUT2D eigenvalue weighted by molar-refractivity contribution is 0.186. The fourth-order valence-corrected chi connectivity index (χ4v) is 5.14. The second-order valence-electron chi connectivity index (χ2n) is 8.28. The highest BCUT2D eigenvalue weighted by Gasteiger charge is 2.20. The minimum Gasteiger partial charge on any atom is -0.380 e. The molecular weight excluding hydrogens is 396 g/mol. The van der Waals surface area contributed by atoms with Crippen LogP contribution < -0.4 is 5.56 Å². The molecule has 0 amide bonds. The van der Waals surface area contributed by atoms with Crippen LogP contribution in [0.3, 0.4) is 0 Å². The van der Waals surface area contributed by atoms with Crippen molar-refractivity contribution in [3.05, 3.63) is 33.5 Å². The van der Waals surface area contributed by atoms with Crippen molar-refractivity contribution in [3.8, 4) is 0 Å². The van der Waals surface area contributed by atoms with Gasteiger partial charge in [0.15, 0.2) is 0 Å². The molecule has 3 aromatic heterocycles. The third-order valence-corrected chi connectivity index (χ3v) is 6.54.